The molecule has 0 aliphatic carbocycles. The van der Waals surface area contributed by atoms with Gasteiger partial charge < -0.3 is 14.4 Å². The number of hydrogen-bond donors (Lipinski definition) is 0. The molecule has 0 aliphatic rings. The van der Waals surface area contributed by atoms with E-state index in [0.717, 1.165) is 48.5 Å². The summed E-state index contributed by atoms with van der Waals surface area (Å²) in [7, 11) is 1.67. The number of hydrogen-bond acceptors (Lipinski definition) is 4. The van der Waals surface area contributed by atoms with Gasteiger partial charge in [-0.2, -0.15) is 0 Å². The van der Waals surface area contributed by atoms with Gasteiger partial charge in [0.15, 0.2) is 11.5 Å². The Bertz CT molecular complexity index is 568. The molecule has 114 valence electrons. The first-order chi connectivity index (χ1) is 10.3. The van der Waals surface area contributed by atoms with Crippen LogP contribution in [0.1, 0.15) is 20.3 Å². The van der Waals surface area contributed by atoms with Crippen molar-refractivity contribution in [3.63, 3.8) is 0 Å². The molecule has 0 spiro atoms. The predicted molar refractivity (Wildman–Crippen MR) is 86.2 cm³/mol. The van der Waals surface area contributed by atoms with E-state index in [1.165, 1.54) is 0 Å². The number of methoxy groups -OCH3 is 1. The van der Waals surface area contributed by atoms with Gasteiger partial charge in [-0.25, -0.2) is 0 Å². The molecular weight excluding hydrogens is 264 g/mol. The van der Waals surface area contributed by atoms with Crippen molar-refractivity contribution in [2.24, 2.45) is 0 Å². The Morgan fingerprint density at radius 2 is 1.95 bits per heavy atom. The summed E-state index contributed by atoms with van der Waals surface area (Å²) < 4.78 is 11.3. The largest absolute Gasteiger partial charge is 0.493 e. The SMILES string of the molecule is CCN(CC)CCCOc1cc2ncccc2cc1OC. The first-order valence-corrected chi connectivity index (χ1v) is 7.56. The fourth-order valence-electron chi connectivity index (χ4n) is 2.36. The maximum absolute atomic E-state index is 5.88. The highest BCUT2D eigenvalue weighted by atomic mass is 16.5. The van der Waals surface area contributed by atoms with Gasteiger partial charge in [-0.15, -0.1) is 0 Å². The minimum absolute atomic E-state index is 0.686. The molecule has 4 nitrogen and oxygen atoms in total. The van der Waals surface area contributed by atoms with Crippen LogP contribution in [0.25, 0.3) is 10.9 Å². The molecule has 0 atom stereocenters. The Morgan fingerprint density at radius 1 is 1.14 bits per heavy atom. The molecule has 0 N–H and O–H groups in total. The lowest BCUT2D eigenvalue weighted by Gasteiger charge is -2.18. The van der Waals surface area contributed by atoms with E-state index in [2.05, 4.69) is 23.7 Å². The van der Waals surface area contributed by atoms with Crippen LogP contribution in [0.15, 0.2) is 30.5 Å². The zero-order valence-electron chi connectivity index (χ0n) is 13.1. The van der Waals surface area contributed by atoms with E-state index in [0.29, 0.717) is 6.61 Å². The highest BCUT2D eigenvalue weighted by Gasteiger charge is 2.07. The van der Waals surface area contributed by atoms with Crippen molar-refractivity contribution in [3.8, 4) is 11.5 Å². The van der Waals surface area contributed by atoms with Crippen molar-refractivity contribution in [1.29, 1.82) is 0 Å². The fourth-order valence-corrected chi connectivity index (χ4v) is 2.36. The Hall–Kier alpha value is -1.81. The first-order valence-electron chi connectivity index (χ1n) is 7.56. The lowest BCUT2D eigenvalue weighted by Crippen LogP contribution is -2.25. The van der Waals surface area contributed by atoms with E-state index in [1.54, 1.807) is 13.3 Å². The Morgan fingerprint density at radius 3 is 2.67 bits per heavy atom. The average Bonchev–Trinajstić information content (AvgIpc) is 2.54. The molecular formula is C17H24N2O2. The number of fused-ring (bicyclic) bond motifs is 1. The molecule has 0 amide bonds. The van der Waals surface area contributed by atoms with Crippen LogP contribution < -0.4 is 9.47 Å². The normalized spacial score (nSPS) is 11.0. The topological polar surface area (TPSA) is 34.6 Å². The van der Waals surface area contributed by atoms with E-state index in [9.17, 15) is 0 Å². The first kappa shape index (κ1) is 15.6. The van der Waals surface area contributed by atoms with Crippen LogP contribution in [0.4, 0.5) is 0 Å². The van der Waals surface area contributed by atoms with Crippen LogP contribution in [0, 0.1) is 0 Å². The smallest absolute Gasteiger partial charge is 0.163 e. The molecule has 2 aromatic rings. The summed E-state index contributed by atoms with van der Waals surface area (Å²) in [4.78, 5) is 6.75. The summed E-state index contributed by atoms with van der Waals surface area (Å²) >= 11 is 0. The van der Waals surface area contributed by atoms with Crippen LogP contribution in [-0.2, 0) is 0 Å². The second-order valence-corrected chi connectivity index (χ2v) is 4.93. The van der Waals surface area contributed by atoms with E-state index in [4.69, 9.17) is 9.47 Å². The third-order valence-corrected chi connectivity index (χ3v) is 3.66. The van der Waals surface area contributed by atoms with Gasteiger partial charge in [-0.3, -0.25) is 4.98 Å². The van der Waals surface area contributed by atoms with Crippen LogP contribution >= 0.6 is 0 Å². The number of pyridine rings is 1. The molecule has 0 aliphatic heterocycles. The third-order valence-electron chi connectivity index (χ3n) is 3.66. The number of rotatable bonds is 8. The molecule has 0 saturated carbocycles. The Kier molecular flexibility index (Phi) is 5.81. The summed E-state index contributed by atoms with van der Waals surface area (Å²) in [5.41, 5.74) is 0.928. The van der Waals surface area contributed by atoms with Crippen molar-refractivity contribution in [3.05, 3.63) is 30.5 Å². The minimum Gasteiger partial charge on any atom is -0.493 e. The second kappa shape index (κ2) is 7.84. The Labute approximate surface area is 126 Å². The zero-order chi connectivity index (χ0) is 15.1. The highest BCUT2D eigenvalue weighted by molar-refractivity contribution is 5.82. The minimum atomic E-state index is 0.686. The van der Waals surface area contributed by atoms with E-state index in [-0.39, 0.29) is 0 Å². The molecule has 0 saturated heterocycles. The van der Waals surface area contributed by atoms with Gasteiger partial charge in [-0.1, -0.05) is 19.9 Å². The number of benzene rings is 1. The van der Waals surface area contributed by atoms with Gasteiger partial charge in [-0.05, 0) is 31.6 Å². The van der Waals surface area contributed by atoms with Crippen LogP contribution in [0.2, 0.25) is 0 Å². The van der Waals surface area contributed by atoms with E-state index >= 15 is 0 Å². The maximum Gasteiger partial charge on any atom is 0.163 e. The number of nitrogens with zero attached hydrogens (tertiary/aromatic N) is 2. The number of ether oxygens (including phenoxy) is 2. The molecule has 4 heteroatoms. The quantitative estimate of drug-likeness (QED) is 0.698. The summed E-state index contributed by atoms with van der Waals surface area (Å²) in [6.07, 6.45) is 2.80. The van der Waals surface area contributed by atoms with E-state index < -0.39 is 0 Å². The monoisotopic (exact) mass is 288 g/mol. The van der Waals surface area contributed by atoms with Crippen molar-refractivity contribution in [2.75, 3.05) is 33.4 Å². The molecule has 1 aromatic heterocycles. The standard InChI is InChI=1S/C17H24N2O2/c1-4-19(5-2)10-7-11-21-17-13-15-14(8-6-9-18-15)12-16(17)20-3/h6,8-9,12-13H,4-5,7,10-11H2,1-3H3. The molecule has 0 fully saturated rings. The molecule has 0 bridgehead atoms. The van der Waals surface area contributed by atoms with E-state index in [1.807, 2.05) is 24.3 Å². The van der Waals surface area contributed by atoms with Crippen LogP contribution in [0.5, 0.6) is 11.5 Å². The van der Waals surface area contributed by atoms with Gasteiger partial charge in [0.2, 0.25) is 0 Å². The van der Waals surface area contributed by atoms with Gasteiger partial charge in [0.1, 0.15) is 0 Å². The lowest BCUT2D eigenvalue weighted by atomic mass is 10.2. The third kappa shape index (κ3) is 4.08. The zero-order valence-corrected chi connectivity index (χ0v) is 13.1. The Balaban J connectivity index is 2.00. The van der Waals surface area contributed by atoms with Gasteiger partial charge >= 0.3 is 0 Å². The summed E-state index contributed by atoms with van der Waals surface area (Å²) in [5, 5.41) is 1.06. The lowest BCUT2D eigenvalue weighted by molar-refractivity contribution is 0.243. The second-order valence-electron chi connectivity index (χ2n) is 4.93. The van der Waals surface area contributed by atoms with Crippen molar-refractivity contribution < 1.29 is 9.47 Å². The summed E-state index contributed by atoms with van der Waals surface area (Å²) in [6, 6.07) is 7.87. The number of aromatic nitrogens is 1. The maximum atomic E-state index is 5.88. The summed E-state index contributed by atoms with van der Waals surface area (Å²) in [5.74, 6) is 1.53. The van der Waals surface area contributed by atoms with Gasteiger partial charge in [0.25, 0.3) is 0 Å². The van der Waals surface area contributed by atoms with Crippen LogP contribution in [0.3, 0.4) is 0 Å². The fraction of sp³-hybridized carbons (Fsp3) is 0.471. The highest BCUT2D eigenvalue weighted by Crippen LogP contribution is 2.31. The van der Waals surface area contributed by atoms with Crippen molar-refractivity contribution in [1.82, 2.24) is 9.88 Å². The van der Waals surface area contributed by atoms with Crippen LogP contribution in [-0.4, -0.2) is 43.2 Å². The van der Waals surface area contributed by atoms with Gasteiger partial charge in [0, 0.05) is 24.2 Å². The molecule has 0 unspecified atom stereocenters. The average molecular weight is 288 g/mol. The summed E-state index contributed by atoms with van der Waals surface area (Å²) in [6.45, 7) is 8.27. The van der Waals surface area contributed by atoms with Crippen molar-refractivity contribution >= 4 is 10.9 Å². The molecule has 1 heterocycles. The van der Waals surface area contributed by atoms with Crippen molar-refractivity contribution in [2.45, 2.75) is 20.3 Å². The predicted octanol–water partition coefficient (Wildman–Crippen LogP) is 3.35. The molecule has 1 aromatic carbocycles. The molecule has 2 rings (SSSR count). The molecule has 0 radical (unpaired) electrons. The van der Waals surface area contributed by atoms with Gasteiger partial charge in [0.05, 0.1) is 19.2 Å². The molecule has 21 heavy (non-hydrogen) atoms.